The van der Waals surface area contributed by atoms with E-state index >= 15 is 0 Å². The number of aryl methyl sites for hydroxylation is 1. The summed E-state index contributed by atoms with van der Waals surface area (Å²) < 4.78 is 44.2. The lowest BCUT2D eigenvalue weighted by Gasteiger charge is -2.29. The van der Waals surface area contributed by atoms with Gasteiger partial charge in [-0.25, -0.2) is 13.2 Å². The van der Waals surface area contributed by atoms with Gasteiger partial charge in [-0.15, -0.1) is 0 Å². The quantitative estimate of drug-likeness (QED) is 0.429. The second-order valence-electron chi connectivity index (χ2n) is 8.19. The van der Waals surface area contributed by atoms with Gasteiger partial charge in [-0.2, -0.15) is 0 Å². The SMILES string of the molecule is CCCCCC1CCC(c2cc3ccc(CCC)c(F)c3c(F)c2F)CC1. The Morgan fingerprint density at radius 1 is 0.852 bits per heavy atom. The van der Waals surface area contributed by atoms with Crippen molar-refractivity contribution in [2.45, 2.75) is 84.0 Å². The first-order chi connectivity index (χ1) is 13.1. The van der Waals surface area contributed by atoms with Crippen LogP contribution < -0.4 is 0 Å². The summed E-state index contributed by atoms with van der Waals surface area (Å²) in [6.45, 7) is 4.16. The molecule has 0 heterocycles. The lowest BCUT2D eigenvalue weighted by atomic mass is 9.76. The van der Waals surface area contributed by atoms with Crippen LogP contribution in [0.2, 0.25) is 0 Å². The zero-order valence-corrected chi connectivity index (χ0v) is 16.6. The Kier molecular flexibility index (Phi) is 6.83. The van der Waals surface area contributed by atoms with Crippen molar-refractivity contribution in [2.24, 2.45) is 5.92 Å². The van der Waals surface area contributed by atoms with Crippen molar-refractivity contribution in [3.05, 3.63) is 46.8 Å². The molecule has 1 saturated carbocycles. The molecule has 148 valence electrons. The number of halogens is 3. The summed E-state index contributed by atoms with van der Waals surface area (Å²) in [7, 11) is 0. The van der Waals surface area contributed by atoms with Crippen molar-refractivity contribution in [1.82, 2.24) is 0 Å². The molecule has 2 aromatic carbocycles. The highest BCUT2D eigenvalue weighted by molar-refractivity contribution is 5.85. The molecular formula is C24H31F3. The standard InChI is InChI=1S/C24H31F3/c1-3-5-6-8-16-9-11-17(12-10-16)20-15-19-14-13-18(7-4-2)22(25)21(19)24(27)23(20)26/h13-17H,3-12H2,1-2H3. The molecule has 0 spiro atoms. The lowest BCUT2D eigenvalue weighted by Crippen LogP contribution is -2.15. The van der Waals surface area contributed by atoms with Crippen molar-refractivity contribution in [2.75, 3.05) is 0 Å². The van der Waals surface area contributed by atoms with Gasteiger partial charge in [0.15, 0.2) is 11.6 Å². The molecular weight excluding hydrogens is 345 g/mol. The zero-order chi connectivity index (χ0) is 19.4. The normalized spacial score (nSPS) is 20.3. The van der Waals surface area contributed by atoms with E-state index in [1.54, 1.807) is 18.2 Å². The van der Waals surface area contributed by atoms with Gasteiger partial charge in [0, 0.05) is 0 Å². The van der Waals surface area contributed by atoms with Crippen LogP contribution in [0.5, 0.6) is 0 Å². The molecule has 0 atom stereocenters. The third kappa shape index (κ3) is 4.33. The molecule has 2 aromatic rings. The third-order valence-electron chi connectivity index (χ3n) is 6.25. The minimum absolute atomic E-state index is 0.0460. The molecule has 1 fully saturated rings. The Morgan fingerprint density at radius 3 is 2.26 bits per heavy atom. The average molecular weight is 377 g/mol. The number of fused-ring (bicyclic) bond motifs is 1. The summed E-state index contributed by atoms with van der Waals surface area (Å²) in [5.74, 6) is -1.69. The Hall–Kier alpha value is -1.51. The van der Waals surface area contributed by atoms with Gasteiger partial charge in [-0.1, -0.05) is 58.1 Å². The van der Waals surface area contributed by atoms with Crippen molar-refractivity contribution >= 4 is 10.8 Å². The predicted molar refractivity (Wildman–Crippen MR) is 107 cm³/mol. The summed E-state index contributed by atoms with van der Waals surface area (Å²) in [6.07, 6.45) is 10.3. The highest BCUT2D eigenvalue weighted by Crippen LogP contribution is 2.41. The first kappa shape index (κ1) is 20.2. The van der Waals surface area contributed by atoms with E-state index in [1.807, 2.05) is 6.92 Å². The monoisotopic (exact) mass is 376 g/mol. The first-order valence-electron chi connectivity index (χ1n) is 10.7. The highest BCUT2D eigenvalue weighted by atomic mass is 19.2. The van der Waals surface area contributed by atoms with Gasteiger partial charge >= 0.3 is 0 Å². The molecule has 0 aliphatic heterocycles. The van der Waals surface area contributed by atoms with Gasteiger partial charge in [0.1, 0.15) is 5.82 Å². The smallest absolute Gasteiger partial charge is 0.169 e. The fourth-order valence-electron chi connectivity index (χ4n) is 4.65. The average Bonchev–Trinajstić information content (AvgIpc) is 2.67. The molecule has 3 rings (SSSR count). The fraction of sp³-hybridized carbons (Fsp3) is 0.583. The molecule has 0 radical (unpaired) electrons. The molecule has 0 unspecified atom stereocenters. The van der Waals surface area contributed by atoms with Crippen LogP contribution in [0, 0.1) is 23.4 Å². The molecule has 0 aromatic heterocycles. The maximum Gasteiger partial charge on any atom is 0.169 e. The van der Waals surface area contributed by atoms with Crippen molar-refractivity contribution in [3.8, 4) is 0 Å². The van der Waals surface area contributed by atoms with Gasteiger partial charge in [0.2, 0.25) is 0 Å². The summed E-state index contributed by atoms with van der Waals surface area (Å²) >= 11 is 0. The Morgan fingerprint density at radius 2 is 1.59 bits per heavy atom. The second kappa shape index (κ2) is 9.12. The van der Waals surface area contributed by atoms with Crippen LogP contribution in [0.15, 0.2) is 18.2 Å². The van der Waals surface area contributed by atoms with Crippen LogP contribution in [-0.2, 0) is 6.42 Å². The maximum absolute atomic E-state index is 14.8. The first-order valence-corrected chi connectivity index (χ1v) is 10.7. The Labute approximate surface area is 161 Å². The molecule has 0 N–H and O–H groups in total. The van der Waals surface area contributed by atoms with Crippen LogP contribution in [0.25, 0.3) is 10.8 Å². The van der Waals surface area contributed by atoms with Crippen molar-refractivity contribution in [3.63, 3.8) is 0 Å². The van der Waals surface area contributed by atoms with E-state index in [-0.39, 0.29) is 11.3 Å². The molecule has 1 aliphatic carbocycles. The van der Waals surface area contributed by atoms with E-state index < -0.39 is 17.5 Å². The van der Waals surface area contributed by atoms with E-state index in [9.17, 15) is 13.2 Å². The minimum atomic E-state index is -1.01. The molecule has 1 aliphatic rings. The van der Waals surface area contributed by atoms with Gasteiger partial charge < -0.3 is 0 Å². The van der Waals surface area contributed by atoms with Gasteiger partial charge in [-0.3, -0.25) is 0 Å². The Bertz CT molecular complexity index is 773. The topological polar surface area (TPSA) is 0 Å². The number of hydrogen-bond donors (Lipinski definition) is 0. The van der Waals surface area contributed by atoms with Crippen molar-refractivity contribution < 1.29 is 13.2 Å². The fourth-order valence-corrected chi connectivity index (χ4v) is 4.65. The minimum Gasteiger partial charge on any atom is -0.206 e. The molecule has 3 heteroatoms. The number of benzene rings is 2. The number of unbranched alkanes of at least 4 members (excludes halogenated alkanes) is 2. The second-order valence-corrected chi connectivity index (χ2v) is 8.19. The summed E-state index contributed by atoms with van der Waals surface area (Å²) in [5, 5.41) is 0.293. The summed E-state index contributed by atoms with van der Waals surface area (Å²) in [6, 6.07) is 5.15. The van der Waals surface area contributed by atoms with Crippen LogP contribution in [0.1, 0.15) is 88.7 Å². The highest BCUT2D eigenvalue weighted by Gasteiger charge is 2.27. The van der Waals surface area contributed by atoms with Crippen molar-refractivity contribution in [1.29, 1.82) is 0 Å². The molecule has 27 heavy (non-hydrogen) atoms. The van der Waals surface area contributed by atoms with Gasteiger partial charge in [0.25, 0.3) is 0 Å². The van der Waals surface area contributed by atoms with Crippen LogP contribution >= 0.6 is 0 Å². The molecule has 0 nitrogen and oxygen atoms in total. The van der Waals surface area contributed by atoms with Gasteiger partial charge in [-0.05, 0) is 66.5 Å². The van der Waals surface area contributed by atoms with E-state index in [4.69, 9.17) is 0 Å². The van der Waals surface area contributed by atoms with E-state index in [0.29, 0.717) is 22.9 Å². The number of rotatable bonds is 7. The van der Waals surface area contributed by atoms with Crippen LogP contribution in [-0.4, -0.2) is 0 Å². The zero-order valence-electron chi connectivity index (χ0n) is 16.6. The van der Waals surface area contributed by atoms with E-state index in [2.05, 4.69) is 6.92 Å². The Balaban J connectivity index is 1.82. The third-order valence-corrected chi connectivity index (χ3v) is 6.25. The molecule has 0 amide bonds. The van der Waals surface area contributed by atoms with E-state index in [1.165, 1.54) is 25.7 Å². The van der Waals surface area contributed by atoms with Crippen LogP contribution in [0.4, 0.5) is 13.2 Å². The lowest BCUT2D eigenvalue weighted by molar-refractivity contribution is 0.298. The molecule has 0 bridgehead atoms. The van der Waals surface area contributed by atoms with Gasteiger partial charge in [0.05, 0.1) is 5.39 Å². The van der Waals surface area contributed by atoms with E-state index in [0.717, 1.165) is 38.0 Å². The largest absolute Gasteiger partial charge is 0.206 e. The maximum atomic E-state index is 14.8. The van der Waals surface area contributed by atoms with Crippen LogP contribution in [0.3, 0.4) is 0 Å². The summed E-state index contributed by atoms with van der Waals surface area (Å²) in [5.41, 5.74) is 0.901. The predicted octanol–water partition coefficient (Wildman–Crippen LogP) is 8.06. The number of hydrogen-bond acceptors (Lipinski definition) is 0. The summed E-state index contributed by atoms with van der Waals surface area (Å²) in [4.78, 5) is 0. The molecule has 0 saturated heterocycles.